The van der Waals surface area contributed by atoms with Crippen LogP contribution in [0.1, 0.15) is 37.8 Å². The summed E-state index contributed by atoms with van der Waals surface area (Å²) in [6, 6.07) is 15.3. The lowest BCUT2D eigenvalue weighted by atomic mass is 9.51. The van der Waals surface area contributed by atoms with Gasteiger partial charge in [-0.3, -0.25) is 0 Å². The molecule has 2 aromatic rings. The fourth-order valence-corrected chi connectivity index (χ4v) is 4.50. The van der Waals surface area contributed by atoms with Crippen molar-refractivity contribution in [1.29, 1.82) is 0 Å². The number of para-hydroxylation sites is 2. The molecule has 0 aromatic heterocycles. The van der Waals surface area contributed by atoms with E-state index in [1.807, 2.05) is 36.4 Å². The summed E-state index contributed by atoms with van der Waals surface area (Å²) >= 11 is 0. The Bertz CT molecular complexity index is 611. The van der Waals surface area contributed by atoms with Crippen molar-refractivity contribution >= 4 is 0 Å². The third-order valence-corrected chi connectivity index (χ3v) is 4.92. The summed E-state index contributed by atoms with van der Waals surface area (Å²) in [5.74, 6) is 0.802. The first-order valence-corrected chi connectivity index (χ1v) is 7.93. The topological polar surface area (TPSA) is 40.5 Å². The third kappa shape index (κ3) is 2.96. The highest BCUT2D eigenvalue weighted by molar-refractivity contribution is 5.35. The fraction of sp³-hybridized carbons (Fsp3) is 0.400. The lowest BCUT2D eigenvalue weighted by molar-refractivity contribution is -0.0121. The van der Waals surface area contributed by atoms with Gasteiger partial charge in [0.1, 0.15) is 11.5 Å². The molecule has 0 atom stereocenters. The Morgan fingerprint density at radius 3 is 1.45 bits per heavy atom. The van der Waals surface area contributed by atoms with Gasteiger partial charge in [-0.1, -0.05) is 50.2 Å². The van der Waals surface area contributed by atoms with Crippen LogP contribution in [0.15, 0.2) is 48.5 Å². The molecule has 22 heavy (non-hydrogen) atoms. The minimum Gasteiger partial charge on any atom is -0.508 e. The number of aromatic hydroxyl groups is 2. The van der Waals surface area contributed by atoms with E-state index in [2.05, 4.69) is 13.8 Å². The van der Waals surface area contributed by atoms with Gasteiger partial charge in [0.05, 0.1) is 0 Å². The standard InChI is InChI=1S/C20H24O2/c1-19(11-15-7-3-5-9-17(15)21)13-20(2,14-19)12-16-8-4-6-10-18(16)22/h3-10,21-22H,11-14H2,1-2H3. The lowest BCUT2D eigenvalue weighted by Gasteiger charge is -2.54. The number of hydrogen-bond acceptors (Lipinski definition) is 2. The van der Waals surface area contributed by atoms with E-state index in [1.165, 1.54) is 0 Å². The second-order valence-corrected chi connectivity index (χ2v) is 7.59. The molecule has 2 heteroatoms. The van der Waals surface area contributed by atoms with Crippen molar-refractivity contribution in [3.63, 3.8) is 0 Å². The van der Waals surface area contributed by atoms with Crippen molar-refractivity contribution in [1.82, 2.24) is 0 Å². The molecule has 2 nitrogen and oxygen atoms in total. The van der Waals surface area contributed by atoms with Crippen molar-refractivity contribution < 1.29 is 10.2 Å². The number of hydrogen-bond donors (Lipinski definition) is 2. The van der Waals surface area contributed by atoms with Crippen LogP contribution in [0, 0.1) is 10.8 Å². The molecule has 1 aliphatic carbocycles. The molecule has 0 saturated heterocycles. The molecule has 0 amide bonds. The zero-order valence-electron chi connectivity index (χ0n) is 13.3. The third-order valence-electron chi connectivity index (χ3n) is 4.92. The zero-order chi connectivity index (χ0) is 15.8. The van der Waals surface area contributed by atoms with Crippen LogP contribution in [0.4, 0.5) is 0 Å². The molecule has 0 heterocycles. The van der Waals surface area contributed by atoms with Crippen molar-refractivity contribution in [2.45, 2.75) is 39.5 Å². The largest absolute Gasteiger partial charge is 0.508 e. The Morgan fingerprint density at radius 2 is 1.09 bits per heavy atom. The molecule has 0 aliphatic heterocycles. The van der Waals surface area contributed by atoms with E-state index in [1.54, 1.807) is 12.1 Å². The van der Waals surface area contributed by atoms with Crippen LogP contribution in [0.25, 0.3) is 0 Å². The quantitative estimate of drug-likeness (QED) is 0.859. The number of phenols is 2. The predicted molar refractivity (Wildman–Crippen MR) is 89.1 cm³/mol. The predicted octanol–water partition coefficient (Wildman–Crippen LogP) is 4.69. The molecule has 1 saturated carbocycles. The van der Waals surface area contributed by atoms with E-state index in [-0.39, 0.29) is 10.8 Å². The van der Waals surface area contributed by atoms with Gasteiger partial charge in [0.15, 0.2) is 0 Å². The van der Waals surface area contributed by atoms with E-state index in [0.29, 0.717) is 11.5 Å². The lowest BCUT2D eigenvalue weighted by Crippen LogP contribution is -2.45. The molecule has 0 unspecified atom stereocenters. The Labute approximate surface area is 132 Å². The minimum absolute atomic E-state index is 0.234. The van der Waals surface area contributed by atoms with E-state index in [0.717, 1.165) is 36.8 Å². The molecule has 0 radical (unpaired) electrons. The Hall–Kier alpha value is -1.96. The molecule has 2 aromatic carbocycles. The minimum atomic E-state index is 0.234. The molecule has 0 bridgehead atoms. The molecule has 1 fully saturated rings. The second-order valence-electron chi connectivity index (χ2n) is 7.59. The smallest absolute Gasteiger partial charge is 0.118 e. The highest BCUT2D eigenvalue weighted by Crippen LogP contribution is 2.57. The van der Waals surface area contributed by atoms with E-state index >= 15 is 0 Å². The van der Waals surface area contributed by atoms with Crippen molar-refractivity contribution in [2.75, 3.05) is 0 Å². The second kappa shape index (κ2) is 5.35. The Balaban J connectivity index is 1.67. The Kier molecular flexibility index (Phi) is 3.64. The first-order chi connectivity index (χ1) is 10.4. The van der Waals surface area contributed by atoms with Crippen LogP contribution in [0.2, 0.25) is 0 Å². The summed E-state index contributed by atoms with van der Waals surface area (Å²) in [5.41, 5.74) is 2.54. The highest BCUT2D eigenvalue weighted by atomic mass is 16.3. The van der Waals surface area contributed by atoms with E-state index in [4.69, 9.17) is 0 Å². The molecule has 116 valence electrons. The van der Waals surface area contributed by atoms with E-state index < -0.39 is 0 Å². The average molecular weight is 296 g/mol. The van der Waals surface area contributed by atoms with Gasteiger partial charge < -0.3 is 10.2 Å². The van der Waals surface area contributed by atoms with Gasteiger partial charge in [-0.05, 0) is 59.8 Å². The monoisotopic (exact) mass is 296 g/mol. The molecular formula is C20H24O2. The average Bonchev–Trinajstić information content (AvgIpc) is 2.42. The van der Waals surface area contributed by atoms with Crippen molar-refractivity contribution in [3.05, 3.63) is 59.7 Å². The van der Waals surface area contributed by atoms with E-state index in [9.17, 15) is 10.2 Å². The van der Waals surface area contributed by atoms with Crippen LogP contribution in [-0.4, -0.2) is 10.2 Å². The normalized spacial score (nSPS) is 27.4. The van der Waals surface area contributed by atoms with Gasteiger partial charge in [-0.2, -0.15) is 0 Å². The number of benzene rings is 2. The van der Waals surface area contributed by atoms with Gasteiger partial charge in [-0.15, -0.1) is 0 Å². The van der Waals surface area contributed by atoms with Gasteiger partial charge in [0.2, 0.25) is 0 Å². The zero-order valence-corrected chi connectivity index (χ0v) is 13.3. The van der Waals surface area contributed by atoms with Gasteiger partial charge in [-0.25, -0.2) is 0 Å². The van der Waals surface area contributed by atoms with Crippen molar-refractivity contribution in [2.24, 2.45) is 10.8 Å². The SMILES string of the molecule is CC1(Cc2ccccc2O)CC(C)(Cc2ccccc2O)C1. The molecule has 2 N–H and O–H groups in total. The molecule has 1 aliphatic rings. The summed E-state index contributed by atoms with van der Waals surface area (Å²) in [6.45, 7) is 4.60. The van der Waals surface area contributed by atoms with Gasteiger partial charge >= 0.3 is 0 Å². The first kappa shape index (κ1) is 15.0. The van der Waals surface area contributed by atoms with Gasteiger partial charge in [0, 0.05) is 0 Å². The molecule has 3 rings (SSSR count). The van der Waals surface area contributed by atoms with Crippen LogP contribution >= 0.6 is 0 Å². The summed E-state index contributed by atoms with van der Waals surface area (Å²) in [7, 11) is 0. The summed E-state index contributed by atoms with van der Waals surface area (Å²) < 4.78 is 0. The van der Waals surface area contributed by atoms with Crippen molar-refractivity contribution in [3.8, 4) is 11.5 Å². The number of phenolic OH excluding ortho intramolecular Hbond substituents is 2. The van der Waals surface area contributed by atoms with Crippen LogP contribution < -0.4 is 0 Å². The fourth-order valence-electron chi connectivity index (χ4n) is 4.50. The van der Waals surface area contributed by atoms with Gasteiger partial charge in [0.25, 0.3) is 0 Å². The summed E-state index contributed by atoms with van der Waals surface area (Å²) in [5, 5.41) is 19.9. The Morgan fingerprint density at radius 1 is 0.727 bits per heavy atom. The maximum absolute atomic E-state index is 9.96. The summed E-state index contributed by atoms with van der Waals surface area (Å²) in [4.78, 5) is 0. The number of rotatable bonds is 4. The maximum atomic E-state index is 9.96. The summed E-state index contributed by atoms with van der Waals surface area (Å²) in [6.07, 6.45) is 4.05. The molecule has 0 spiro atoms. The van der Waals surface area contributed by atoms with Crippen LogP contribution in [0.3, 0.4) is 0 Å². The maximum Gasteiger partial charge on any atom is 0.118 e. The van der Waals surface area contributed by atoms with Crippen LogP contribution in [-0.2, 0) is 12.8 Å². The first-order valence-electron chi connectivity index (χ1n) is 7.93. The van der Waals surface area contributed by atoms with Crippen LogP contribution in [0.5, 0.6) is 11.5 Å². The highest BCUT2D eigenvalue weighted by Gasteiger charge is 2.48. The molecular weight excluding hydrogens is 272 g/mol.